The molecule has 2 aromatic rings. The number of aryl methyl sites for hydroxylation is 1. The number of hydrogen-bond donors (Lipinski definition) is 2. The molecule has 0 bridgehead atoms. The van der Waals surface area contributed by atoms with Crippen LogP contribution in [0, 0.1) is 6.92 Å². The molecule has 1 aliphatic heterocycles. The minimum absolute atomic E-state index is 0.459. The molecule has 1 saturated heterocycles. The average molecular weight is 292 g/mol. The number of aliphatic hydroxyl groups is 1. The summed E-state index contributed by atoms with van der Waals surface area (Å²) in [6.07, 6.45) is -0.831. The lowest BCUT2D eigenvalue weighted by Crippen LogP contribution is -2.37. The first kappa shape index (κ1) is 14.2. The van der Waals surface area contributed by atoms with Gasteiger partial charge in [-0.25, -0.2) is 9.97 Å². The number of ether oxygens (including phenoxy) is 1. The Hall–Kier alpha value is -1.70. The van der Waals surface area contributed by atoms with Crippen molar-refractivity contribution >= 4 is 16.9 Å². The number of anilines is 1. The first-order valence-corrected chi connectivity index (χ1v) is 7.21. The van der Waals surface area contributed by atoms with E-state index < -0.39 is 6.23 Å². The summed E-state index contributed by atoms with van der Waals surface area (Å²) in [5.74, 6) is 1.92. The Balaban J connectivity index is 2.02. The number of furan rings is 1. The van der Waals surface area contributed by atoms with E-state index in [2.05, 4.69) is 20.2 Å². The topological polar surface area (TPSA) is 83.7 Å². The van der Waals surface area contributed by atoms with E-state index in [1.807, 2.05) is 13.8 Å². The van der Waals surface area contributed by atoms with Crippen molar-refractivity contribution in [1.29, 1.82) is 0 Å². The van der Waals surface area contributed by atoms with Gasteiger partial charge in [0.2, 0.25) is 0 Å². The van der Waals surface area contributed by atoms with Crippen molar-refractivity contribution in [3.63, 3.8) is 0 Å². The molecule has 114 valence electrons. The second-order valence-electron chi connectivity index (χ2n) is 5.02. The van der Waals surface area contributed by atoms with Crippen LogP contribution in [0.3, 0.4) is 0 Å². The van der Waals surface area contributed by atoms with E-state index >= 15 is 0 Å². The summed E-state index contributed by atoms with van der Waals surface area (Å²) in [4.78, 5) is 11.0. The molecule has 2 N–H and O–H groups in total. The maximum Gasteiger partial charge on any atom is 0.195 e. The van der Waals surface area contributed by atoms with Gasteiger partial charge in [0.05, 0.1) is 13.2 Å². The molecule has 1 atom stereocenters. The first-order valence-electron chi connectivity index (χ1n) is 7.21. The van der Waals surface area contributed by atoms with Crippen molar-refractivity contribution in [3.8, 4) is 0 Å². The maximum atomic E-state index is 10.0. The van der Waals surface area contributed by atoms with Crippen LogP contribution in [0.5, 0.6) is 0 Å². The van der Waals surface area contributed by atoms with Crippen molar-refractivity contribution in [2.24, 2.45) is 0 Å². The third-order valence-corrected chi connectivity index (χ3v) is 3.46. The molecule has 3 heterocycles. The molecule has 7 heteroatoms. The van der Waals surface area contributed by atoms with E-state index in [4.69, 9.17) is 9.15 Å². The van der Waals surface area contributed by atoms with Crippen LogP contribution in [0.2, 0.25) is 0 Å². The zero-order valence-corrected chi connectivity index (χ0v) is 12.3. The highest BCUT2D eigenvalue weighted by Gasteiger charge is 2.21. The molecule has 0 saturated carbocycles. The van der Waals surface area contributed by atoms with Gasteiger partial charge in [0, 0.05) is 19.2 Å². The molecule has 0 spiro atoms. The molecule has 0 aromatic carbocycles. The monoisotopic (exact) mass is 292 g/mol. The van der Waals surface area contributed by atoms with Crippen LogP contribution in [0.1, 0.15) is 24.7 Å². The largest absolute Gasteiger partial charge is 0.451 e. The Morgan fingerprint density at radius 1 is 1.38 bits per heavy atom. The predicted molar refractivity (Wildman–Crippen MR) is 78.2 cm³/mol. The van der Waals surface area contributed by atoms with Gasteiger partial charge < -0.3 is 19.2 Å². The Kier molecular flexibility index (Phi) is 4.05. The number of nitrogens with zero attached hydrogens (tertiary/aromatic N) is 3. The standard InChI is InChI=1S/C14H20N4O3/c1-3-15-14(19)11-8-10-12(21-11)13(17-9(2)16-10)18-4-6-20-7-5-18/h8,14-15,19H,3-7H2,1-2H3. The number of aromatic nitrogens is 2. The van der Waals surface area contributed by atoms with Crippen LogP contribution in [0.25, 0.3) is 11.1 Å². The second kappa shape index (κ2) is 5.97. The second-order valence-corrected chi connectivity index (χ2v) is 5.02. The van der Waals surface area contributed by atoms with Crippen LogP contribution in [-0.4, -0.2) is 47.9 Å². The van der Waals surface area contributed by atoms with Crippen LogP contribution in [0.15, 0.2) is 10.5 Å². The van der Waals surface area contributed by atoms with Gasteiger partial charge in [-0.1, -0.05) is 6.92 Å². The van der Waals surface area contributed by atoms with Crippen molar-refractivity contribution in [2.75, 3.05) is 37.7 Å². The molecular formula is C14H20N4O3. The van der Waals surface area contributed by atoms with E-state index in [0.717, 1.165) is 24.4 Å². The summed E-state index contributed by atoms with van der Waals surface area (Å²) in [5.41, 5.74) is 1.34. The zero-order valence-electron chi connectivity index (χ0n) is 12.3. The van der Waals surface area contributed by atoms with Gasteiger partial charge in [0.25, 0.3) is 0 Å². The highest BCUT2D eigenvalue weighted by molar-refractivity contribution is 5.84. The van der Waals surface area contributed by atoms with Gasteiger partial charge in [-0.2, -0.15) is 0 Å². The third-order valence-electron chi connectivity index (χ3n) is 3.46. The molecule has 1 aliphatic rings. The molecule has 3 rings (SSSR count). The Bertz CT molecular complexity index is 622. The van der Waals surface area contributed by atoms with E-state index in [1.165, 1.54) is 0 Å². The number of rotatable bonds is 4. The van der Waals surface area contributed by atoms with Gasteiger partial charge in [0.1, 0.15) is 11.3 Å². The first-order chi connectivity index (χ1) is 10.2. The number of nitrogens with one attached hydrogen (secondary N) is 1. The fraction of sp³-hybridized carbons (Fsp3) is 0.571. The predicted octanol–water partition coefficient (Wildman–Crippen LogP) is 0.968. The van der Waals surface area contributed by atoms with Crippen LogP contribution < -0.4 is 10.2 Å². The fourth-order valence-electron chi connectivity index (χ4n) is 2.46. The summed E-state index contributed by atoms with van der Waals surface area (Å²) < 4.78 is 11.2. The van der Waals surface area contributed by atoms with Crippen LogP contribution >= 0.6 is 0 Å². The quantitative estimate of drug-likeness (QED) is 0.812. The van der Waals surface area contributed by atoms with Gasteiger partial charge in [-0.05, 0) is 13.5 Å². The van der Waals surface area contributed by atoms with Crippen molar-refractivity contribution in [3.05, 3.63) is 17.7 Å². The average Bonchev–Trinajstić information content (AvgIpc) is 2.91. The summed E-state index contributed by atoms with van der Waals surface area (Å²) in [6, 6.07) is 1.77. The summed E-state index contributed by atoms with van der Waals surface area (Å²) in [6.45, 7) is 7.34. The number of morpholine rings is 1. The molecule has 0 amide bonds. The molecule has 7 nitrogen and oxygen atoms in total. The van der Waals surface area contributed by atoms with E-state index in [-0.39, 0.29) is 0 Å². The normalized spacial score (nSPS) is 17.4. The molecule has 0 aliphatic carbocycles. The molecule has 1 fully saturated rings. The maximum absolute atomic E-state index is 10.0. The fourth-order valence-corrected chi connectivity index (χ4v) is 2.46. The van der Waals surface area contributed by atoms with Crippen LogP contribution in [0.4, 0.5) is 5.82 Å². The zero-order chi connectivity index (χ0) is 14.8. The molecule has 2 aromatic heterocycles. The van der Waals surface area contributed by atoms with Gasteiger partial charge in [-0.15, -0.1) is 0 Å². The van der Waals surface area contributed by atoms with Crippen molar-refractivity contribution < 1.29 is 14.3 Å². The van der Waals surface area contributed by atoms with Gasteiger partial charge in [0.15, 0.2) is 23.4 Å². The molecule has 1 unspecified atom stereocenters. The summed E-state index contributed by atoms with van der Waals surface area (Å²) in [7, 11) is 0. The van der Waals surface area contributed by atoms with E-state index in [1.54, 1.807) is 6.07 Å². The molecule has 21 heavy (non-hydrogen) atoms. The van der Waals surface area contributed by atoms with Crippen molar-refractivity contribution in [2.45, 2.75) is 20.1 Å². The Morgan fingerprint density at radius 2 is 2.14 bits per heavy atom. The highest BCUT2D eigenvalue weighted by Crippen LogP contribution is 2.29. The van der Waals surface area contributed by atoms with E-state index in [9.17, 15) is 5.11 Å². The SMILES string of the molecule is CCNC(O)c1cc2nc(C)nc(N3CCOCC3)c2o1. The highest BCUT2D eigenvalue weighted by atomic mass is 16.5. The summed E-state index contributed by atoms with van der Waals surface area (Å²) >= 11 is 0. The van der Waals surface area contributed by atoms with Gasteiger partial charge in [-0.3, -0.25) is 5.32 Å². The minimum atomic E-state index is -0.831. The molecule has 0 radical (unpaired) electrons. The number of fused-ring (bicyclic) bond motifs is 1. The molecular weight excluding hydrogens is 272 g/mol. The summed E-state index contributed by atoms with van der Waals surface area (Å²) in [5, 5.41) is 12.9. The van der Waals surface area contributed by atoms with Gasteiger partial charge >= 0.3 is 0 Å². The lowest BCUT2D eigenvalue weighted by Gasteiger charge is -2.27. The van der Waals surface area contributed by atoms with E-state index in [0.29, 0.717) is 36.9 Å². The number of hydrogen-bond acceptors (Lipinski definition) is 7. The Morgan fingerprint density at radius 3 is 2.86 bits per heavy atom. The van der Waals surface area contributed by atoms with Crippen molar-refractivity contribution in [1.82, 2.24) is 15.3 Å². The van der Waals surface area contributed by atoms with Crippen LogP contribution in [-0.2, 0) is 4.74 Å². The third kappa shape index (κ3) is 2.85. The number of aliphatic hydroxyl groups excluding tert-OH is 1. The Labute approximate surface area is 122 Å². The lowest BCUT2D eigenvalue weighted by atomic mass is 10.3. The minimum Gasteiger partial charge on any atom is -0.451 e. The smallest absolute Gasteiger partial charge is 0.195 e. The lowest BCUT2D eigenvalue weighted by molar-refractivity contribution is 0.117.